The second-order valence-corrected chi connectivity index (χ2v) is 9.72. The van der Waals surface area contributed by atoms with Crippen molar-refractivity contribution in [2.45, 2.75) is 30.4 Å². The van der Waals surface area contributed by atoms with E-state index in [1.165, 1.54) is 16.4 Å². The Hall–Kier alpha value is -3.89. The third-order valence-corrected chi connectivity index (χ3v) is 6.79. The third-order valence-electron chi connectivity index (χ3n) is 5.71. The number of fused-ring (bicyclic) bond motifs is 1. The third kappa shape index (κ3) is 6.10. The van der Waals surface area contributed by atoms with Gasteiger partial charge in [-0.3, -0.25) is 4.79 Å². The first-order chi connectivity index (χ1) is 18.0. The van der Waals surface area contributed by atoms with E-state index in [2.05, 4.69) is 44.0 Å². The van der Waals surface area contributed by atoms with E-state index in [9.17, 15) is 4.79 Å². The first-order valence-electron chi connectivity index (χ1n) is 11.4. The number of carbonyl (C=O) groups excluding carboxylic acids is 1. The van der Waals surface area contributed by atoms with E-state index in [1.807, 2.05) is 25.1 Å². The van der Waals surface area contributed by atoms with Crippen LogP contribution in [0.3, 0.4) is 0 Å². The standard InChI is InChI=1S/C26H23ClN6O3S/c1-16(17-6-7-19-11-23(35-2)9-8-18(19)10-17)25-30-31-26(36-25)37-15-22-13-33(32-29-22)14-24(34)28-21-5-3-4-20(27)12-21/h3-13,16H,14-15H2,1-2H3,(H,28,34)/t16-/m0/s1. The number of ether oxygens (including phenoxy) is 1. The Balaban J connectivity index is 1.17. The molecule has 188 valence electrons. The van der Waals surface area contributed by atoms with Crippen molar-refractivity contribution in [2.75, 3.05) is 12.4 Å². The number of halogens is 1. The van der Waals surface area contributed by atoms with Crippen molar-refractivity contribution >= 4 is 45.7 Å². The molecule has 0 fully saturated rings. The molecule has 1 amide bonds. The summed E-state index contributed by atoms with van der Waals surface area (Å²) in [4.78, 5) is 12.3. The summed E-state index contributed by atoms with van der Waals surface area (Å²) in [6, 6.07) is 19.2. The lowest BCUT2D eigenvalue weighted by Crippen LogP contribution is -2.19. The maximum atomic E-state index is 12.3. The van der Waals surface area contributed by atoms with Crippen molar-refractivity contribution in [3.63, 3.8) is 0 Å². The maximum absolute atomic E-state index is 12.3. The summed E-state index contributed by atoms with van der Waals surface area (Å²) in [5, 5.41) is 22.6. The molecule has 0 saturated heterocycles. The Labute approximate surface area is 222 Å². The van der Waals surface area contributed by atoms with Gasteiger partial charge in [-0.1, -0.05) is 58.9 Å². The fraction of sp³-hybridized carbons (Fsp3) is 0.192. The Morgan fingerprint density at radius 2 is 1.95 bits per heavy atom. The molecule has 3 aromatic carbocycles. The van der Waals surface area contributed by atoms with Gasteiger partial charge in [-0.15, -0.1) is 15.3 Å². The molecule has 0 radical (unpaired) electrons. The molecule has 1 N–H and O–H groups in total. The molecule has 0 unspecified atom stereocenters. The number of thioether (sulfide) groups is 1. The summed E-state index contributed by atoms with van der Waals surface area (Å²) in [5.74, 6) is 1.55. The minimum Gasteiger partial charge on any atom is -0.497 e. The number of methoxy groups -OCH3 is 1. The van der Waals surface area contributed by atoms with Gasteiger partial charge in [0.15, 0.2) is 0 Å². The highest BCUT2D eigenvalue weighted by molar-refractivity contribution is 7.98. The van der Waals surface area contributed by atoms with E-state index < -0.39 is 0 Å². The quantitative estimate of drug-likeness (QED) is 0.245. The molecule has 5 aromatic rings. The van der Waals surface area contributed by atoms with Crippen molar-refractivity contribution in [3.05, 3.63) is 89.0 Å². The van der Waals surface area contributed by atoms with Crippen LogP contribution in [0.15, 0.2) is 76.5 Å². The fourth-order valence-electron chi connectivity index (χ4n) is 3.77. The van der Waals surface area contributed by atoms with Crippen LogP contribution in [-0.2, 0) is 17.1 Å². The van der Waals surface area contributed by atoms with Crippen LogP contribution < -0.4 is 10.1 Å². The predicted octanol–water partition coefficient (Wildman–Crippen LogP) is 5.56. The van der Waals surface area contributed by atoms with Gasteiger partial charge in [0.2, 0.25) is 11.8 Å². The van der Waals surface area contributed by atoms with Crippen molar-refractivity contribution in [1.29, 1.82) is 0 Å². The lowest BCUT2D eigenvalue weighted by atomic mass is 9.97. The highest BCUT2D eigenvalue weighted by Gasteiger charge is 2.17. The molecule has 0 aliphatic carbocycles. The second kappa shape index (κ2) is 11.0. The van der Waals surface area contributed by atoms with Crippen LogP contribution in [0.4, 0.5) is 5.69 Å². The Bertz CT molecular complexity index is 1550. The predicted molar refractivity (Wildman–Crippen MR) is 142 cm³/mol. The molecule has 0 aliphatic heterocycles. The number of rotatable bonds is 9. The molecule has 2 heterocycles. The van der Waals surface area contributed by atoms with E-state index in [4.69, 9.17) is 20.8 Å². The van der Waals surface area contributed by atoms with Crippen LogP contribution in [0.2, 0.25) is 5.02 Å². The number of hydrogen-bond donors (Lipinski definition) is 1. The van der Waals surface area contributed by atoms with Gasteiger partial charge in [-0.2, -0.15) is 0 Å². The lowest BCUT2D eigenvalue weighted by Gasteiger charge is -2.09. The lowest BCUT2D eigenvalue weighted by molar-refractivity contribution is -0.116. The van der Waals surface area contributed by atoms with Gasteiger partial charge in [-0.25, -0.2) is 4.68 Å². The van der Waals surface area contributed by atoms with Crippen LogP contribution in [0.1, 0.15) is 30.0 Å². The van der Waals surface area contributed by atoms with Crippen molar-refractivity contribution in [2.24, 2.45) is 0 Å². The van der Waals surface area contributed by atoms with E-state index in [1.54, 1.807) is 37.6 Å². The average molecular weight is 535 g/mol. The zero-order chi connectivity index (χ0) is 25.8. The molecule has 0 spiro atoms. The maximum Gasteiger partial charge on any atom is 0.276 e. The summed E-state index contributed by atoms with van der Waals surface area (Å²) in [6.07, 6.45) is 1.72. The van der Waals surface area contributed by atoms with Gasteiger partial charge in [0.1, 0.15) is 12.3 Å². The summed E-state index contributed by atoms with van der Waals surface area (Å²) in [7, 11) is 1.66. The minimum atomic E-state index is -0.227. The first-order valence-corrected chi connectivity index (χ1v) is 12.8. The summed E-state index contributed by atoms with van der Waals surface area (Å²) >= 11 is 7.32. The van der Waals surface area contributed by atoms with Crippen molar-refractivity contribution < 1.29 is 13.9 Å². The van der Waals surface area contributed by atoms with Crippen molar-refractivity contribution in [3.8, 4) is 5.75 Å². The molecule has 5 rings (SSSR count). The molecule has 11 heteroatoms. The number of amides is 1. The number of anilines is 1. The van der Waals surface area contributed by atoms with Gasteiger partial charge in [-0.05, 0) is 53.6 Å². The smallest absolute Gasteiger partial charge is 0.276 e. The molecular formula is C26H23ClN6O3S. The molecule has 1 atom stereocenters. The first kappa shape index (κ1) is 24.8. The number of nitrogens with one attached hydrogen (secondary N) is 1. The highest BCUT2D eigenvalue weighted by atomic mass is 35.5. The number of carbonyl (C=O) groups is 1. The molecule has 0 bridgehead atoms. The Kier molecular flexibility index (Phi) is 7.38. The van der Waals surface area contributed by atoms with Crippen LogP contribution in [0, 0.1) is 0 Å². The van der Waals surface area contributed by atoms with E-state index in [-0.39, 0.29) is 18.4 Å². The largest absolute Gasteiger partial charge is 0.497 e. The fourth-order valence-corrected chi connectivity index (χ4v) is 4.60. The SMILES string of the molecule is COc1ccc2cc([C@H](C)c3nnc(SCc4cn(CC(=O)Nc5cccc(Cl)c5)nn4)o3)ccc2c1. The minimum absolute atomic E-state index is 0.0327. The summed E-state index contributed by atoms with van der Waals surface area (Å²) in [6.45, 7) is 2.07. The molecular weight excluding hydrogens is 512 g/mol. The van der Waals surface area contributed by atoms with Gasteiger partial charge in [0.25, 0.3) is 5.22 Å². The monoisotopic (exact) mass is 534 g/mol. The van der Waals surface area contributed by atoms with E-state index in [0.29, 0.717) is 33.3 Å². The molecule has 0 aliphatic rings. The normalized spacial score (nSPS) is 12.0. The van der Waals surface area contributed by atoms with Gasteiger partial charge >= 0.3 is 0 Å². The number of benzene rings is 3. The molecule has 2 aromatic heterocycles. The molecule has 9 nitrogen and oxygen atoms in total. The van der Waals surface area contributed by atoms with Crippen LogP contribution in [-0.4, -0.2) is 38.2 Å². The van der Waals surface area contributed by atoms with E-state index in [0.717, 1.165) is 22.1 Å². The zero-order valence-electron chi connectivity index (χ0n) is 20.1. The Morgan fingerprint density at radius 1 is 1.11 bits per heavy atom. The van der Waals surface area contributed by atoms with Gasteiger partial charge < -0.3 is 14.5 Å². The highest BCUT2D eigenvalue weighted by Crippen LogP contribution is 2.30. The summed E-state index contributed by atoms with van der Waals surface area (Å²) < 4.78 is 12.7. The van der Waals surface area contributed by atoms with Crippen LogP contribution >= 0.6 is 23.4 Å². The molecule has 37 heavy (non-hydrogen) atoms. The Morgan fingerprint density at radius 3 is 2.78 bits per heavy atom. The average Bonchev–Trinajstić information content (AvgIpc) is 3.56. The topological polar surface area (TPSA) is 108 Å². The van der Waals surface area contributed by atoms with Crippen LogP contribution in [0.25, 0.3) is 10.8 Å². The van der Waals surface area contributed by atoms with Crippen molar-refractivity contribution in [1.82, 2.24) is 25.2 Å². The van der Waals surface area contributed by atoms with E-state index >= 15 is 0 Å². The summed E-state index contributed by atoms with van der Waals surface area (Å²) in [5.41, 5.74) is 2.40. The van der Waals surface area contributed by atoms with Crippen LogP contribution in [0.5, 0.6) is 5.75 Å². The second-order valence-electron chi connectivity index (χ2n) is 8.36. The number of hydrogen-bond acceptors (Lipinski definition) is 8. The number of aromatic nitrogens is 5. The molecule has 0 saturated carbocycles. The zero-order valence-corrected chi connectivity index (χ0v) is 21.7. The van der Waals surface area contributed by atoms with Gasteiger partial charge in [0, 0.05) is 22.7 Å². The number of nitrogens with zero attached hydrogens (tertiary/aromatic N) is 5. The van der Waals surface area contributed by atoms with Gasteiger partial charge in [0.05, 0.1) is 18.7 Å².